The third-order valence-corrected chi connectivity index (χ3v) is 3.19. The van der Waals surface area contributed by atoms with Gasteiger partial charge < -0.3 is 10.1 Å². The topological polar surface area (TPSA) is 38.3 Å². The highest BCUT2D eigenvalue weighted by atomic mass is 35.5. The van der Waals surface area contributed by atoms with Gasteiger partial charge in [0.2, 0.25) is 0 Å². The molecule has 100 valence electrons. The van der Waals surface area contributed by atoms with E-state index < -0.39 is 0 Å². The molecule has 0 amide bonds. The third kappa shape index (κ3) is 3.21. The molecule has 1 aromatic rings. The number of halogens is 2. The molecule has 1 aliphatic heterocycles. The van der Waals surface area contributed by atoms with E-state index in [2.05, 4.69) is 5.32 Å². The van der Waals surface area contributed by atoms with Crippen LogP contribution < -0.4 is 5.32 Å². The predicted octanol–water partition coefficient (Wildman–Crippen LogP) is 2.46. The summed E-state index contributed by atoms with van der Waals surface area (Å²) in [4.78, 5) is 11.7. The third-order valence-electron chi connectivity index (χ3n) is 3.19. The van der Waals surface area contributed by atoms with Crippen LogP contribution in [0.5, 0.6) is 0 Å². The van der Waals surface area contributed by atoms with Crippen molar-refractivity contribution in [1.82, 2.24) is 5.32 Å². The van der Waals surface area contributed by atoms with E-state index in [-0.39, 0.29) is 36.2 Å². The van der Waals surface area contributed by atoms with E-state index in [0.29, 0.717) is 0 Å². The van der Waals surface area contributed by atoms with E-state index in [0.717, 1.165) is 24.9 Å². The van der Waals surface area contributed by atoms with Gasteiger partial charge in [-0.1, -0.05) is 12.1 Å². The van der Waals surface area contributed by atoms with Crippen LogP contribution in [0.25, 0.3) is 0 Å². The second kappa shape index (κ2) is 6.71. The van der Waals surface area contributed by atoms with Crippen LogP contribution in [0.2, 0.25) is 0 Å². The zero-order valence-electron chi connectivity index (χ0n) is 10.2. The Kier molecular flexibility index (Phi) is 5.56. The number of carbonyl (C=O) groups is 1. The van der Waals surface area contributed by atoms with Gasteiger partial charge in [-0.25, -0.2) is 4.39 Å². The minimum absolute atomic E-state index is 0. The Hall–Kier alpha value is -1.13. The van der Waals surface area contributed by atoms with Crippen molar-refractivity contribution < 1.29 is 13.9 Å². The number of methoxy groups -OCH3 is 1. The molecule has 0 radical (unpaired) electrons. The maximum atomic E-state index is 12.9. The summed E-state index contributed by atoms with van der Waals surface area (Å²) in [5, 5.41) is 3.30. The fourth-order valence-electron chi connectivity index (χ4n) is 2.31. The lowest BCUT2D eigenvalue weighted by Gasteiger charge is -2.31. The first-order valence-electron chi connectivity index (χ1n) is 5.79. The fourth-order valence-corrected chi connectivity index (χ4v) is 2.31. The lowest BCUT2D eigenvalue weighted by Crippen LogP contribution is -2.38. The van der Waals surface area contributed by atoms with Gasteiger partial charge in [0.1, 0.15) is 5.82 Å². The first-order chi connectivity index (χ1) is 8.22. The van der Waals surface area contributed by atoms with E-state index in [1.165, 1.54) is 19.2 Å². The summed E-state index contributed by atoms with van der Waals surface area (Å²) in [7, 11) is 1.40. The van der Waals surface area contributed by atoms with Gasteiger partial charge in [-0.15, -0.1) is 12.4 Å². The number of hydrogen-bond acceptors (Lipinski definition) is 3. The first-order valence-corrected chi connectivity index (χ1v) is 5.79. The highest BCUT2D eigenvalue weighted by molar-refractivity contribution is 5.85. The maximum absolute atomic E-state index is 12.9. The van der Waals surface area contributed by atoms with Crippen molar-refractivity contribution in [3.8, 4) is 0 Å². The van der Waals surface area contributed by atoms with E-state index >= 15 is 0 Å². The number of rotatable bonds is 2. The molecule has 1 heterocycles. The molecule has 0 aromatic heterocycles. The summed E-state index contributed by atoms with van der Waals surface area (Å²) >= 11 is 0. The average Bonchev–Trinajstić information content (AvgIpc) is 2.39. The Bertz CT molecular complexity index is 396. The summed E-state index contributed by atoms with van der Waals surface area (Å²) < 4.78 is 17.7. The van der Waals surface area contributed by atoms with Gasteiger partial charge in [-0.2, -0.15) is 0 Å². The average molecular weight is 274 g/mol. The van der Waals surface area contributed by atoms with Gasteiger partial charge in [0, 0.05) is 6.04 Å². The molecule has 1 aromatic carbocycles. The fraction of sp³-hybridized carbons (Fsp3) is 0.462. The van der Waals surface area contributed by atoms with Crippen molar-refractivity contribution in [2.45, 2.75) is 18.9 Å². The number of ether oxygens (including phenoxy) is 1. The number of esters is 1. The van der Waals surface area contributed by atoms with Crippen LogP contribution in [0.1, 0.15) is 24.4 Å². The highest BCUT2D eigenvalue weighted by Crippen LogP contribution is 2.30. The molecule has 1 saturated heterocycles. The number of carbonyl (C=O) groups excluding carboxylic acids is 1. The van der Waals surface area contributed by atoms with Gasteiger partial charge in [0.25, 0.3) is 0 Å². The SMILES string of the molecule is COC(=O)C1CCCNC1c1ccc(F)cc1.Cl. The van der Waals surface area contributed by atoms with E-state index in [1.54, 1.807) is 12.1 Å². The Balaban J connectivity index is 0.00000162. The van der Waals surface area contributed by atoms with Crippen molar-refractivity contribution >= 4 is 18.4 Å². The Morgan fingerprint density at radius 2 is 2.06 bits per heavy atom. The van der Waals surface area contributed by atoms with Crippen LogP contribution in [0.4, 0.5) is 4.39 Å². The molecule has 0 saturated carbocycles. The maximum Gasteiger partial charge on any atom is 0.310 e. The molecular formula is C13H17ClFNO2. The lowest BCUT2D eigenvalue weighted by atomic mass is 9.86. The first kappa shape index (κ1) is 14.9. The molecule has 2 unspecified atom stereocenters. The largest absolute Gasteiger partial charge is 0.469 e. The Morgan fingerprint density at radius 1 is 1.39 bits per heavy atom. The smallest absolute Gasteiger partial charge is 0.310 e. The van der Waals surface area contributed by atoms with Gasteiger partial charge >= 0.3 is 5.97 Å². The molecule has 2 rings (SSSR count). The molecule has 3 nitrogen and oxygen atoms in total. The van der Waals surface area contributed by atoms with Crippen molar-refractivity contribution in [2.75, 3.05) is 13.7 Å². The molecule has 0 aliphatic carbocycles. The van der Waals surface area contributed by atoms with Crippen molar-refractivity contribution in [3.63, 3.8) is 0 Å². The molecule has 1 aliphatic rings. The second-order valence-corrected chi connectivity index (χ2v) is 4.26. The molecular weight excluding hydrogens is 257 g/mol. The standard InChI is InChI=1S/C13H16FNO2.ClH/c1-17-13(16)11-3-2-8-15-12(11)9-4-6-10(14)7-5-9;/h4-7,11-12,15H,2-3,8H2,1H3;1H. The van der Waals surface area contributed by atoms with Crippen molar-refractivity contribution in [3.05, 3.63) is 35.6 Å². The van der Waals surface area contributed by atoms with Gasteiger partial charge in [-0.3, -0.25) is 4.79 Å². The van der Waals surface area contributed by atoms with Gasteiger partial charge in [0.15, 0.2) is 0 Å². The number of benzene rings is 1. The second-order valence-electron chi connectivity index (χ2n) is 4.26. The van der Waals surface area contributed by atoms with Crippen LogP contribution in [-0.4, -0.2) is 19.6 Å². The molecule has 2 atom stereocenters. The minimum atomic E-state index is -0.265. The molecule has 5 heteroatoms. The monoisotopic (exact) mass is 273 g/mol. The van der Waals surface area contributed by atoms with Crippen LogP contribution in [0.3, 0.4) is 0 Å². The molecule has 18 heavy (non-hydrogen) atoms. The zero-order valence-corrected chi connectivity index (χ0v) is 11.0. The van der Waals surface area contributed by atoms with E-state index in [1.807, 2.05) is 0 Å². The van der Waals surface area contributed by atoms with E-state index in [4.69, 9.17) is 4.74 Å². The Morgan fingerprint density at radius 3 is 2.67 bits per heavy atom. The molecule has 1 fully saturated rings. The lowest BCUT2D eigenvalue weighted by molar-refractivity contribution is -0.147. The minimum Gasteiger partial charge on any atom is -0.469 e. The molecule has 0 bridgehead atoms. The highest BCUT2D eigenvalue weighted by Gasteiger charge is 2.32. The number of piperidine rings is 1. The summed E-state index contributed by atoms with van der Waals surface area (Å²) in [6.45, 7) is 0.871. The Labute approximate surface area is 112 Å². The summed E-state index contributed by atoms with van der Waals surface area (Å²) in [5.74, 6) is -0.648. The van der Waals surface area contributed by atoms with Crippen molar-refractivity contribution in [2.24, 2.45) is 5.92 Å². The summed E-state index contributed by atoms with van der Waals surface area (Å²) in [5.41, 5.74) is 0.932. The number of nitrogens with one attached hydrogen (secondary N) is 1. The van der Waals surface area contributed by atoms with Crippen LogP contribution in [0.15, 0.2) is 24.3 Å². The normalized spacial score (nSPS) is 23.0. The summed E-state index contributed by atoms with van der Waals surface area (Å²) in [6, 6.07) is 6.19. The van der Waals surface area contributed by atoms with Crippen LogP contribution in [0, 0.1) is 11.7 Å². The van der Waals surface area contributed by atoms with E-state index in [9.17, 15) is 9.18 Å². The zero-order chi connectivity index (χ0) is 12.3. The van der Waals surface area contributed by atoms with Crippen LogP contribution in [-0.2, 0) is 9.53 Å². The van der Waals surface area contributed by atoms with Gasteiger partial charge in [-0.05, 0) is 37.1 Å². The van der Waals surface area contributed by atoms with Crippen LogP contribution >= 0.6 is 12.4 Å². The predicted molar refractivity (Wildman–Crippen MR) is 69.1 cm³/mol. The van der Waals surface area contributed by atoms with Gasteiger partial charge in [0.05, 0.1) is 13.0 Å². The quantitative estimate of drug-likeness (QED) is 0.842. The molecule has 0 spiro atoms. The van der Waals surface area contributed by atoms with Crippen molar-refractivity contribution in [1.29, 1.82) is 0 Å². The number of hydrogen-bond donors (Lipinski definition) is 1. The molecule has 1 N–H and O–H groups in total. The summed E-state index contributed by atoms with van der Waals surface area (Å²) in [6.07, 6.45) is 1.76.